The van der Waals surface area contributed by atoms with Gasteiger partial charge in [-0.15, -0.1) is 0 Å². The van der Waals surface area contributed by atoms with Crippen LogP contribution >= 0.6 is 0 Å². The summed E-state index contributed by atoms with van der Waals surface area (Å²) in [4.78, 5) is 16.7. The maximum Gasteiger partial charge on any atom is 0.159 e. The molecule has 0 saturated carbocycles. The van der Waals surface area contributed by atoms with Crippen molar-refractivity contribution in [3.8, 4) is 11.4 Å². The van der Waals surface area contributed by atoms with Crippen molar-refractivity contribution in [3.05, 3.63) is 77.4 Å². The van der Waals surface area contributed by atoms with Gasteiger partial charge in [0.1, 0.15) is 0 Å². The predicted molar refractivity (Wildman–Crippen MR) is 160 cm³/mol. The summed E-state index contributed by atoms with van der Waals surface area (Å²) in [5.74, 6) is 2.37. The van der Waals surface area contributed by atoms with Crippen molar-refractivity contribution in [3.63, 3.8) is 0 Å². The molecule has 4 rings (SSSR count). The molecule has 1 aliphatic rings. The minimum Gasteiger partial charge on any atom is -0.303 e. The summed E-state index contributed by atoms with van der Waals surface area (Å²) in [7, 11) is 0. The third-order valence-corrected chi connectivity index (χ3v) is 8.26. The van der Waals surface area contributed by atoms with Crippen molar-refractivity contribution in [1.29, 1.82) is 0 Å². The maximum absolute atomic E-state index is 5.12. The van der Waals surface area contributed by atoms with Crippen molar-refractivity contribution in [2.45, 2.75) is 97.8 Å². The van der Waals surface area contributed by atoms with E-state index in [1.807, 2.05) is 24.5 Å². The first-order chi connectivity index (χ1) is 18.2. The second-order valence-electron chi connectivity index (χ2n) is 12.7. The number of aryl methyl sites for hydroxylation is 1. The van der Waals surface area contributed by atoms with Crippen molar-refractivity contribution < 1.29 is 0 Å². The molecule has 0 unspecified atom stereocenters. The van der Waals surface area contributed by atoms with Crippen LogP contribution in [0, 0.1) is 5.41 Å². The second-order valence-corrected chi connectivity index (χ2v) is 12.7. The van der Waals surface area contributed by atoms with Gasteiger partial charge in [-0.3, -0.25) is 4.98 Å². The number of unbranched alkanes of at least 4 members (excludes halogenated alkanes) is 1. The normalized spacial score (nSPS) is 15.5. The quantitative estimate of drug-likeness (QED) is 0.242. The number of piperidine rings is 1. The Labute approximate surface area is 231 Å². The predicted octanol–water partition coefficient (Wildman–Crippen LogP) is 8.40. The molecule has 0 spiro atoms. The molecule has 0 radical (unpaired) electrons. The van der Waals surface area contributed by atoms with Gasteiger partial charge in [-0.05, 0) is 91.3 Å². The van der Waals surface area contributed by atoms with Gasteiger partial charge in [0.2, 0.25) is 0 Å². The molecule has 0 bridgehead atoms. The Morgan fingerprint density at radius 3 is 2.26 bits per heavy atom. The first-order valence-corrected chi connectivity index (χ1v) is 14.8. The highest BCUT2D eigenvalue weighted by Gasteiger charge is 2.28. The van der Waals surface area contributed by atoms with Crippen LogP contribution in [-0.4, -0.2) is 39.5 Å². The summed E-state index contributed by atoms with van der Waals surface area (Å²) in [6, 6.07) is 13.0. The molecule has 1 fully saturated rings. The van der Waals surface area contributed by atoms with Gasteiger partial charge in [-0.2, -0.15) is 0 Å². The van der Waals surface area contributed by atoms with Gasteiger partial charge in [0.05, 0.1) is 5.69 Å². The Morgan fingerprint density at radius 1 is 0.895 bits per heavy atom. The number of aromatic nitrogens is 3. The molecule has 1 aliphatic heterocycles. The van der Waals surface area contributed by atoms with Crippen LogP contribution in [-0.2, 0) is 6.42 Å². The van der Waals surface area contributed by atoms with Crippen LogP contribution in [0.3, 0.4) is 0 Å². The van der Waals surface area contributed by atoms with E-state index in [2.05, 4.69) is 81.9 Å². The number of hydrogen-bond acceptors (Lipinski definition) is 4. The van der Waals surface area contributed by atoms with E-state index in [0.717, 1.165) is 24.5 Å². The third-order valence-electron chi connectivity index (χ3n) is 8.26. The van der Waals surface area contributed by atoms with Crippen molar-refractivity contribution in [2.24, 2.45) is 5.41 Å². The largest absolute Gasteiger partial charge is 0.303 e. The van der Waals surface area contributed by atoms with E-state index >= 15 is 0 Å². The van der Waals surface area contributed by atoms with Crippen molar-refractivity contribution in [1.82, 2.24) is 19.9 Å². The number of benzene rings is 1. The number of hydrogen-bond donors (Lipinski definition) is 0. The summed E-state index contributed by atoms with van der Waals surface area (Å²) in [5, 5.41) is 0. The Hall–Kier alpha value is -2.59. The maximum atomic E-state index is 5.12. The monoisotopic (exact) mass is 512 g/mol. The van der Waals surface area contributed by atoms with Crippen LogP contribution in [0.4, 0.5) is 0 Å². The number of rotatable bonds is 11. The Balaban J connectivity index is 1.30. The van der Waals surface area contributed by atoms with Gasteiger partial charge in [-0.25, -0.2) is 9.97 Å². The summed E-state index contributed by atoms with van der Waals surface area (Å²) in [6.07, 6.45) is 13.1. The highest BCUT2D eigenvalue weighted by molar-refractivity contribution is 5.54. The third kappa shape index (κ3) is 7.50. The molecule has 1 saturated heterocycles. The molecular formula is C34H48N4. The Morgan fingerprint density at radius 2 is 1.58 bits per heavy atom. The molecule has 204 valence electrons. The van der Waals surface area contributed by atoms with Gasteiger partial charge < -0.3 is 4.90 Å². The molecule has 3 heterocycles. The standard InChI is InChI=1S/C34H48N4/c1-25(2)30-13-8-7-11-27(30)12-9-10-18-34(5,6)24-38-21-16-28(17-22-38)32-31(26(3)4)23-36-33(37-32)29-14-19-35-20-15-29/h7-8,11,13-15,19-20,23,25-26,28H,9-10,12,16-18,21-22,24H2,1-6H3. The molecule has 4 nitrogen and oxygen atoms in total. The summed E-state index contributed by atoms with van der Waals surface area (Å²) < 4.78 is 0. The Kier molecular flexibility index (Phi) is 9.70. The van der Waals surface area contributed by atoms with Gasteiger partial charge in [0.25, 0.3) is 0 Å². The Bertz CT molecular complexity index is 1140. The van der Waals surface area contributed by atoms with Crippen LogP contribution in [0.25, 0.3) is 11.4 Å². The highest BCUT2D eigenvalue weighted by Crippen LogP contribution is 2.35. The molecule has 3 aromatic rings. The summed E-state index contributed by atoms with van der Waals surface area (Å²) in [6.45, 7) is 17.5. The fourth-order valence-corrected chi connectivity index (χ4v) is 6.11. The highest BCUT2D eigenvalue weighted by atomic mass is 15.1. The molecule has 4 heteroatoms. The fraction of sp³-hybridized carbons (Fsp3) is 0.559. The van der Waals surface area contributed by atoms with Gasteiger partial charge in [0.15, 0.2) is 5.82 Å². The topological polar surface area (TPSA) is 41.9 Å². The smallest absolute Gasteiger partial charge is 0.159 e. The van der Waals surface area contributed by atoms with E-state index in [1.165, 1.54) is 61.9 Å². The molecule has 1 aromatic carbocycles. The molecule has 2 aromatic heterocycles. The molecular weight excluding hydrogens is 464 g/mol. The van der Waals surface area contributed by atoms with Crippen LogP contribution in [0.1, 0.15) is 114 Å². The van der Waals surface area contributed by atoms with E-state index in [1.54, 1.807) is 5.56 Å². The number of likely N-dealkylation sites (tertiary alicyclic amines) is 1. The van der Waals surface area contributed by atoms with E-state index in [4.69, 9.17) is 9.97 Å². The zero-order valence-electron chi connectivity index (χ0n) is 24.6. The lowest BCUT2D eigenvalue weighted by Crippen LogP contribution is -2.39. The van der Waals surface area contributed by atoms with E-state index in [0.29, 0.717) is 23.2 Å². The van der Waals surface area contributed by atoms with Crippen LogP contribution < -0.4 is 0 Å². The SMILES string of the molecule is CC(C)c1ccccc1CCCCC(C)(C)CN1CCC(c2nc(-c3ccncc3)ncc2C(C)C)CC1. The first kappa shape index (κ1) is 28.4. The van der Waals surface area contributed by atoms with Gasteiger partial charge in [0, 0.05) is 36.6 Å². The van der Waals surface area contributed by atoms with Gasteiger partial charge in [-0.1, -0.05) is 72.2 Å². The van der Waals surface area contributed by atoms with E-state index < -0.39 is 0 Å². The minimum atomic E-state index is 0.344. The van der Waals surface area contributed by atoms with Crippen LogP contribution in [0.5, 0.6) is 0 Å². The second kappa shape index (κ2) is 13.0. The molecule has 0 amide bonds. The van der Waals surface area contributed by atoms with Crippen LogP contribution in [0.2, 0.25) is 0 Å². The minimum absolute atomic E-state index is 0.344. The average molecular weight is 513 g/mol. The number of pyridine rings is 1. The zero-order valence-corrected chi connectivity index (χ0v) is 24.6. The molecule has 0 N–H and O–H groups in total. The summed E-state index contributed by atoms with van der Waals surface area (Å²) >= 11 is 0. The fourth-order valence-electron chi connectivity index (χ4n) is 6.11. The molecule has 38 heavy (non-hydrogen) atoms. The lowest BCUT2D eigenvalue weighted by molar-refractivity contribution is 0.135. The van der Waals surface area contributed by atoms with Crippen molar-refractivity contribution >= 4 is 0 Å². The average Bonchev–Trinajstić information content (AvgIpc) is 2.91. The molecule has 0 aliphatic carbocycles. The lowest BCUT2D eigenvalue weighted by atomic mass is 9.83. The van der Waals surface area contributed by atoms with Crippen LogP contribution in [0.15, 0.2) is 55.0 Å². The van der Waals surface area contributed by atoms with E-state index in [9.17, 15) is 0 Å². The van der Waals surface area contributed by atoms with E-state index in [-0.39, 0.29) is 0 Å². The van der Waals surface area contributed by atoms with Crippen molar-refractivity contribution in [2.75, 3.05) is 19.6 Å². The first-order valence-electron chi connectivity index (χ1n) is 14.8. The van der Waals surface area contributed by atoms with Gasteiger partial charge >= 0.3 is 0 Å². The lowest BCUT2D eigenvalue weighted by Gasteiger charge is -2.38. The summed E-state index contributed by atoms with van der Waals surface area (Å²) in [5.41, 5.74) is 7.02. The number of nitrogens with zero attached hydrogens (tertiary/aromatic N) is 4. The molecule has 0 atom stereocenters. The zero-order chi connectivity index (χ0) is 27.1.